The summed E-state index contributed by atoms with van der Waals surface area (Å²) in [7, 11) is 0. The summed E-state index contributed by atoms with van der Waals surface area (Å²) in [5.74, 6) is 2.60. The van der Waals surface area contributed by atoms with Gasteiger partial charge in [-0.05, 0) is 150 Å². The minimum Gasteiger partial charge on any atom is -0.390 e. The minimum atomic E-state index is -1.01. The number of hydrogen-bond donors (Lipinski definition) is 2. The highest BCUT2D eigenvalue weighted by atomic mass is 16.7. The van der Waals surface area contributed by atoms with Crippen LogP contribution in [0.2, 0.25) is 0 Å². The summed E-state index contributed by atoms with van der Waals surface area (Å²) in [4.78, 5) is 2.73. The highest BCUT2D eigenvalue weighted by Gasteiger charge is 2.84. The van der Waals surface area contributed by atoms with E-state index >= 15 is 0 Å². The van der Waals surface area contributed by atoms with Crippen LogP contribution in [-0.2, 0) is 18.9 Å². The molecular formula is C53H99NO6. The maximum Gasteiger partial charge on any atom is 0.170 e. The molecule has 0 radical (unpaired) electrons. The molecule has 6 saturated carbocycles. The van der Waals surface area contributed by atoms with Gasteiger partial charge in [-0.25, -0.2) is 0 Å². The molecule has 0 aromatic heterocycles. The van der Waals surface area contributed by atoms with E-state index < -0.39 is 17.8 Å². The lowest BCUT2D eigenvalue weighted by Crippen LogP contribution is -2.61. The maximum atomic E-state index is 12.7. The average Bonchev–Trinajstić information content (AvgIpc) is 3.84. The number of ether oxygens (including phenoxy) is 4. The van der Waals surface area contributed by atoms with Crippen LogP contribution in [0, 0.1) is 56.7 Å². The molecule has 0 aromatic rings. The predicted octanol–water partition coefficient (Wildman–Crippen LogP) is 12.2. The third-order valence-electron chi connectivity index (χ3n) is 19.4. The molecule has 14 unspecified atom stereocenters. The molecule has 352 valence electrons. The molecule has 8 fully saturated rings. The van der Waals surface area contributed by atoms with Gasteiger partial charge in [-0.3, -0.25) is 4.90 Å². The number of nitrogens with zero attached hydrogens (tertiary/aromatic N) is 1. The first kappa shape index (κ1) is 50.7. The molecule has 2 spiro atoms. The Hall–Kier alpha value is -0.280. The quantitative estimate of drug-likeness (QED) is 0.252. The maximum absolute atomic E-state index is 12.7. The lowest BCUT2D eigenvalue weighted by atomic mass is 9.41. The van der Waals surface area contributed by atoms with Crippen LogP contribution in [0.5, 0.6) is 0 Å². The van der Waals surface area contributed by atoms with Gasteiger partial charge in [0.05, 0.1) is 43.2 Å². The van der Waals surface area contributed by atoms with E-state index in [1.54, 1.807) is 0 Å². The molecule has 0 amide bonds. The Bertz CT molecular complexity index is 1350. The highest BCUT2D eigenvalue weighted by molar-refractivity contribution is 5.33. The Labute approximate surface area is 370 Å². The van der Waals surface area contributed by atoms with Crippen molar-refractivity contribution in [3.8, 4) is 0 Å². The molecule has 0 bridgehead atoms. The second-order valence-corrected chi connectivity index (χ2v) is 22.7. The van der Waals surface area contributed by atoms with E-state index in [4.69, 9.17) is 18.9 Å². The summed E-state index contributed by atoms with van der Waals surface area (Å²) in [5.41, 5.74) is -0.277. The van der Waals surface area contributed by atoms with Gasteiger partial charge in [0, 0.05) is 24.1 Å². The van der Waals surface area contributed by atoms with E-state index in [1.807, 2.05) is 62.3 Å². The SMILES string of the molecule is CC.CC.CC.CCOC(C1CC(C)C2C(O1)C(O)C1(C)C3CCC4C(C)(C)C(OC5CN(C(C)(C)C6CCCCCCC6)CCO5)CCC45CC35CCC21C)C(C)(C)O. The van der Waals surface area contributed by atoms with Crippen LogP contribution in [0.1, 0.15) is 207 Å². The minimum absolute atomic E-state index is 0.0215. The van der Waals surface area contributed by atoms with Crippen LogP contribution < -0.4 is 0 Å². The first-order valence-electron chi connectivity index (χ1n) is 26.1. The summed E-state index contributed by atoms with van der Waals surface area (Å²) in [5, 5.41) is 23.8. The molecule has 14 atom stereocenters. The lowest BCUT2D eigenvalue weighted by Gasteiger charge is -2.64. The van der Waals surface area contributed by atoms with E-state index in [1.165, 1.54) is 83.5 Å². The van der Waals surface area contributed by atoms with E-state index in [0.29, 0.717) is 41.1 Å². The van der Waals surface area contributed by atoms with Crippen molar-refractivity contribution >= 4 is 0 Å². The van der Waals surface area contributed by atoms with Crippen molar-refractivity contribution in [2.45, 2.75) is 255 Å². The topological polar surface area (TPSA) is 80.6 Å². The van der Waals surface area contributed by atoms with Crippen molar-refractivity contribution in [2.24, 2.45) is 56.7 Å². The van der Waals surface area contributed by atoms with Crippen molar-refractivity contribution in [1.82, 2.24) is 4.90 Å². The molecule has 2 aliphatic heterocycles. The van der Waals surface area contributed by atoms with Gasteiger partial charge < -0.3 is 29.2 Å². The molecule has 2 N–H and O–H groups in total. The number of morpholine rings is 1. The molecule has 6 aliphatic carbocycles. The largest absolute Gasteiger partial charge is 0.390 e. The summed E-state index contributed by atoms with van der Waals surface area (Å²) >= 11 is 0. The fourth-order valence-corrected chi connectivity index (χ4v) is 16.5. The number of rotatable bonds is 8. The van der Waals surface area contributed by atoms with Gasteiger partial charge in [0.1, 0.15) is 6.10 Å². The summed E-state index contributed by atoms with van der Waals surface area (Å²) in [6.45, 7) is 38.4. The van der Waals surface area contributed by atoms with Crippen molar-refractivity contribution in [2.75, 3.05) is 26.3 Å². The monoisotopic (exact) mass is 846 g/mol. The Balaban J connectivity index is 0.00000109. The molecule has 2 saturated heterocycles. The zero-order valence-electron chi connectivity index (χ0n) is 42.3. The molecule has 2 heterocycles. The van der Waals surface area contributed by atoms with Crippen LogP contribution in [0.4, 0.5) is 0 Å². The zero-order valence-corrected chi connectivity index (χ0v) is 42.3. The zero-order chi connectivity index (χ0) is 44.7. The van der Waals surface area contributed by atoms with Crippen LogP contribution in [0.3, 0.4) is 0 Å². The van der Waals surface area contributed by atoms with Crippen LogP contribution in [0.25, 0.3) is 0 Å². The molecular weight excluding hydrogens is 747 g/mol. The van der Waals surface area contributed by atoms with E-state index in [2.05, 4.69) is 53.4 Å². The fraction of sp³-hybridized carbons (Fsp3) is 1.00. The van der Waals surface area contributed by atoms with E-state index in [-0.39, 0.29) is 46.4 Å². The third-order valence-corrected chi connectivity index (χ3v) is 19.4. The smallest absolute Gasteiger partial charge is 0.170 e. The molecule has 7 nitrogen and oxygen atoms in total. The fourth-order valence-electron chi connectivity index (χ4n) is 16.5. The average molecular weight is 846 g/mol. The van der Waals surface area contributed by atoms with Crippen molar-refractivity contribution < 1.29 is 29.2 Å². The normalized spacial score (nSPS) is 44.4. The number of hydrogen-bond acceptors (Lipinski definition) is 7. The molecule has 8 rings (SSSR count). The van der Waals surface area contributed by atoms with E-state index in [0.717, 1.165) is 38.5 Å². The molecule has 8 aliphatic rings. The summed E-state index contributed by atoms with van der Waals surface area (Å²) in [6.07, 6.45) is 17.8. The number of fused-ring (bicyclic) bond motifs is 4. The second kappa shape index (κ2) is 19.3. The van der Waals surface area contributed by atoms with Gasteiger partial charge >= 0.3 is 0 Å². The number of aliphatic hydroxyl groups excluding tert-OH is 1. The predicted molar refractivity (Wildman–Crippen MR) is 248 cm³/mol. The van der Waals surface area contributed by atoms with Gasteiger partial charge in [0.25, 0.3) is 0 Å². The standard InChI is InChI=1S/C47H81NO6.3C2H6/c1-11-51-40(43(7,8)50)32-27-30(2)37-38(53-32)39(49)45(10)34-20-19-33-41(3,4)35(21-22-46(33)29-47(34,46)24-23-44(37,45)9)54-36-28-48(25-26-52-36)42(5,6)31-17-15-13-12-14-16-18-31;3*1-2/h30-40,49-50H,11-29H2,1-10H3;3*1-2H3. The van der Waals surface area contributed by atoms with Gasteiger partial charge in [0.2, 0.25) is 0 Å². The van der Waals surface area contributed by atoms with Gasteiger partial charge in [0.15, 0.2) is 6.29 Å². The second-order valence-electron chi connectivity index (χ2n) is 22.7. The first-order chi connectivity index (χ1) is 28.4. The van der Waals surface area contributed by atoms with Crippen molar-refractivity contribution in [3.05, 3.63) is 0 Å². The van der Waals surface area contributed by atoms with E-state index in [9.17, 15) is 10.2 Å². The summed E-state index contributed by atoms with van der Waals surface area (Å²) < 4.78 is 26.8. The third kappa shape index (κ3) is 8.17. The van der Waals surface area contributed by atoms with Crippen LogP contribution >= 0.6 is 0 Å². The Morgan fingerprint density at radius 2 is 1.40 bits per heavy atom. The van der Waals surface area contributed by atoms with Crippen molar-refractivity contribution in [1.29, 1.82) is 0 Å². The molecule has 60 heavy (non-hydrogen) atoms. The Kier molecular flexibility index (Phi) is 16.3. The van der Waals surface area contributed by atoms with Crippen molar-refractivity contribution in [3.63, 3.8) is 0 Å². The summed E-state index contributed by atoms with van der Waals surface area (Å²) in [6, 6.07) is 0. The van der Waals surface area contributed by atoms with Crippen LogP contribution in [0.15, 0.2) is 0 Å². The lowest BCUT2D eigenvalue weighted by molar-refractivity contribution is -0.255. The van der Waals surface area contributed by atoms with Gasteiger partial charge in [-0.2, -0.15) is 0 Å². The van der Waals surface area contributed by atoms with Gasteiger partial charge in [-0.15, -0.1) is 0 Å². The first-order valence-corrected chi connectivity index (χ1v) is 26.1. The molecule has 0 aromatic carbocycles. The van der Waals surface area contributed by atoms with Gasteiger partial charge in [-0.1, -0.05) is 108 Å². The Morgan fingerprint density at radius 1 is 0.800 bits per heavy atom. The van der Waals surface area contributed by atoms with Crippen LogP contribution in [-0.4, -0.2) is 89.4 Å². The molecule has 7 heteroatoms. The Morgan fingerprint density at radius 3 is 2.02 bits per heavy atom. The highest BCUT2D eigenvalue weighted by Crippen LogP contribution is 2.89. The number of aliphatic hydroxyl groups is 2.